The average Bonchev–Trinajstić information content (AvgIpc) is 2.72. The van der Waals surface area contributed by atoms with Crippen molar-refractivity contribution in [1.29, 1.82) is 0 Å². The van der Waals surface area contributed by atoms with Crippen LogP contribution in [0.25, 0.3) is 0 Å². The lowest BCUT2D eigenvalue weighted by molar-refractivity contribution is 0.0973. The number of nitrogens with one attached hydrogen (secondary N) is 2. The van der Waals surface area contributed by atoms with Gasteiger partial charge in [0, 0.05) is 15.9 Å². The molecule has 0 spiro atoms. The van der Waals surface area contributed by atoms with Crippen LogP contribution in [0.2, 0.25) is 10.0 Å². The molecule has 0 atom stereocenters. The topological polar surface area (TPSA) is 50.4 Å². The van der Waals surface area contributed by atoms with Gasteiger partial charge in [-0.05, 0) is 54.2 Å². The number of anilines is 1. The molecule has 1 amide bonds. The van der Waals surface area contributed by atoms with Crippen LogP contribution in [-0.2, 0) is 6.42 Å². The van der Waals surface area contributed by atoms with Gasteiger partial charge in [0.15, 0.2) is 5.11 Å². The van der Waals surface area contributed by atoms with E-state index in [4.69, 9.17) is 40.2 Å². The van der Waals surface area contributed by atoms with Crippen LogP contribution in [0, 0.1) is 0 Å². The molecule has 0 fully saturated rings. The summed E-state index contributed by atoms with van der Waals surface area (Å²) in [5.41, 5.74) is 2.06. The highest BCUT2D eigenvalue weighted by Gasteiger charge is 2.15. The summed E-state index contributed by atoms with van der Waals surface area (Å²) in [7, 11) is 0. The molecule has 0 saturated heterocycles. The second kappa shape index (κ2) is 10.8. The van der Waals surface area contributed by atoms with Gasteiger partial charge in [-0.1, -0.05) is 69.5 Å². The van der Waals surface area contributed by atoms with Gasteiger partial charge >= 0.3 is 0 Å². The summed E-state index contributed by atoms with van der Waals surface area (Å²) >= 11 is 20.7. The maximum absolute atomic E-state index is 12.8. The van der Waals surface area contributed by atoms with Gasteiger partial charge in [0.1, 0.15) is 5.75 Å². The molecule has 0 bridgehead atoms. The number of hydrogen-bond donors (Lipinski definition) is 2. The largest absolute Gasteiger partial charge is 0.492 e. The number of rotatable bonds is 6. The van der Waals surface area contributed by atoms with Gasteiger partial charge < -0.3 is 10.1 Å². The van der Waals surface area contributed by atoms with Gasteiger partial charge in [-0.25, -0.2) is 0 Å². The van der Waals surface area contributed by atoms with Crippen LogP contribution in [0.4, 0.5) is 5.69 Å². The van der Waals surface area contributed by atoms with Crippen molar-refractivity contribution in [3.8, 4) is 5.75 Å². The maximum Gasteiger partial charge on any atom is 0.261 e. The summed E-state index contributed by atoms with van der Waals surface area (Å²) in [5, 5.41) is 6.56. The lowest BCUT2D eigenvalue weighted by Crippen LogP contribution is -2.34. The maximum atomic E-state index is 12.8. The minimum atomic E-state index is -0.395. The highest BCUT2D eigenvalue weighted by molar-refractivity contribution is 9.10. The third-order valence-corrected chi connectivity index (χ3v) is 5.33. The first-order chi connectivity index (χ1) is 14.4. The summed E-state index contributed by atoms with van der Waals surface area (Å²) in [4.78, 5) is 12.8. The van der Waals surface area contributed by atoms with E-state index >= 15 is 0 Å². The monoisotopic (exact) mass is 522 g/mol. The van der Waals surface area contributed by atoms with Crippen LogP contribution in [0.5, 0.6) is 5.75 Å². The number of ether oxygens (including phenoxy) is 1. The molecule has 2 N–H and O–H groups in total. The quantitative estimate of drug-likeness (QED) is 0.362. The van der Waals surface area contributed by atoms with Crippen LogP contribution in [0.15, 0.2) is 71.2 Å². The second-order valence-electron chi connectivity index (χ2n) is 6.26. The Morgan fingerprint density at radius 2 is 1.80 bits per heavy atom. The Morgan fingerprint density at radius 3 is 2.53 bits per heavy atom. The van der Waals surface area contributed by atoms with E-state index in [1.165, 1.54) is 0 Å². The molecular weight excluding hydrogens is 507 g/mol. The molecule has 3 aromatic rings. The molecule has 0 heterocycles. The first kappa shape index (κ1) is 22.6. The Morgan fingerprint density at radius 1 is 1.03 bits per heavy atom. The number of thiocarbonyl (C=S) groups is 1. The van der Waals surface area contributed by atoms with E-state index in [0.29, 0.717) is 33.7 Å². The van der Waals surface area contributed by atoms with E-state index in [2.05, 4.69) is 26.6 Å². The molecule has 3 rings (SSSR count). The zero-order chi connectivity index (χ0) is 21.5. The molecule has 154 valence electrons. The fraction of sp³-hybridized carbons (Fsp3) is 0.0909. The standard InChI is InChI=1S/C22H17BrCl2N2O2S/c23-15-6-9-20(29-11-10-14-4-2-1-3-5-14)17(12-15)21(28)27-22(30)26-19-8-7-16(24)13-18(19)25/h1-9,12-13H,10-11H2,(H2,26,27,28,30). The Balaban J connectivity index is 1.65. The normalized spacial score (nSPS) is 10.4. The highest BCUT2D eigenvalue weighted by atomic mass is 79.9. The molecule has 3 aromatic carbocycles. The van der Waals surface area contributed by atoms with E-state index in [1.54, 1.807) is 30.3 Å². The Hall–Kier alpha value is -2.12. The average molecular weight is 524 g/mol. The van der Waals surface area contributed by atoms with Crippen molar-refractivity contribution in [2.75, 3.05) is 11.9 Å². The first-order valence-corrected chi connectivity index (χ1v) is 10.9. The Kier molecular flexibility index (Phi) is 8.10. The van der Waals surface area contributed by atoms with E-state index in [9.17, 15) is 4.79 Å². The smallest absolute Gasteiger partial charge is 0.261 e. The van der Waals surface area contributed by atoms with Crippen molar-refractivity contribution in [1.82, 2.24) is 5.32 Å². The van der Waals surface area contributed by atoms with Crippen molar-refractivity contribution in [2.45, 2.75) is 6.42 Å². The van der Waals surface area contributed by atoms with Gasteiger partial charge in [0.2, 0.25) is 0 Å². The van der Waals surface area contributed by atoms with Crippen LogP contribution in [0.1, 0.15) is 15.9 Å². The first-order valence-electron chi connectivity index (χ1n) is 8.96. The molecule has 30 heavy (non-hydrogen) atoms. The summed E-state index contributed by atoms with van der Waals surface area (Å²) < 4.78 is 6.62. The molecule has 4 nitrogen and oxygen atoms in total. The molecule has 8 heteroatoms. The highest BCUT2D eigenvalue weighted by Crippen LogP contribution is 2.26. The van der Waals surface area contributed by atoms with Gasteiger partial charge in [-0.15, -0.1) is 0 Å². The van der Waals surface area contributed by atoms with Crippen LogP contribution >= 0.6 is 51.3 Å². The lowest BCUT2D eigenvalue weighted by Gasteiger charge is -2.14. The summed E-state index contributed by atoms with van der Waals surface area (Å²) in [5.74, 6) is 0.0764. The van der Waals surface area contributed by atoms with Crippen LogP contribution in [0.3, 0.4) is 0 Å². The summed E-state index contributed by atoms with van der Waals surface area (Å²) in [6.07, 6.45) is 0.729. The van der Waals surface area contributed by atoms with Crippen molar-refractivity contribution in [3.63, 3.8) is 0 Å². The second-order valence-corrected chi connectivity index (χ2v) is 8.42. The van der Waals surface area contributed by atoms with Crippen molar-refractivity contribution >= 4 is 68.1 Å². The third kappa shape index (κ3) is 6.44. The third-order valence-electron chi connectivity index (χ3n) is 4.08. The molecule has 0 aliphatic carbocycles. The molecular formula is C22H17BrCl2N2O2S. The molecule has 0 aliphatic rings. The number of benzene rings is 3. The van der Waals surface area contributed by atoms with E-state index in [0.717, 1.165) is 16.5 Å². The molecule has 0 unspecified atom stereocenters. The number of halogens is 3. The van der Waals surface area contributed by atoms with Gasteiger partial charge in [-0.2, -0.15) is 0 Å². The Bertz CT molecular complexity index is 1060. The summed E-state index contributed by atoms with van der Waals surface area (Å²) in [6, 6.07) is 20.2. The van der Waals surface area contributed by atoms with Crippen LogP contribution in [-0.4, -0.2) is 17.6 Å². The molecule has 0 aliphatic heterocycles. The fourth-order valence-electron chi connectivity index (χ4n) is 2.64. The zero-order valence-corrected chi connectivity index (χ0v) is 19.5. The molecule has 0 radical (unpaired) electrons. The van der Waals surface area contributed by atoms with Gasteiger partial charge in [0.25, 0.3) is 5.91 Å². The predicted molar refractivity (Wildman–Crippen MR) is 130 cm³/mol. The molecule has 0 saturated carbocycles. The Labute approximate surface area is 198 Å². The molecule has 0 aromatic heterocycles. The summed E-state index contributed by atoms with van der Waals surface area (Å²) in [6.45, 7) is 0.439. The SMILES string of the molecule is O=C(NC(=S)Nc1ccc(Cl)cc1Cl)c1cc(Br)ccc1OCCc1ccccc1. The minimum absolute atomic E-state index is 0.111. The fourth-order valence-corrected chi connectivity index (χ4v) is 3.66. The van der Waals surface area contributed by atoms with E-state index < -0.39 is 5.91 Å². The number of carbonyl (C=O) groups is 1. The van der Waals surface area contributed by atoms with Crippen molar-refractivity contribution in [2.24, 2.45) is 0 Å². The van der Waals surface area contributed by atoms with E-state index in [1.807, 2.05) is 36.4 Å². The van der Waals surface area contributed by atoms with Crippen molar-refractivity contribution < 1.29 is 9.53 Å². The van der Waals surface area contributed by atoms with Gasteiger partial charge in [-0.3, -0.25) is 10.1 Å². The van der Waals surface area contributed by atoms with Gasteiger partial charge in [0.05, 0.1) is 22.9 Å². The predicted octanol–water partition coefficient (Wildman–Crippen LogP) is 6.50. The van der Waals surface area contributed by atoms with Crippen molar-refractivity contribution in [3.05, 3.63) is 92.4 Å². The number of hydrogen-bond acceptors (Lipinski definition) is 3. The van der Waals surface area contributed by atoms with E-state index in [-0.39, 0.29) is 5.11 Å². The minimum Gasteiger partial charge on any atom is -0.492 e. The van der Waals surface area contributed by atoms with Crippen LogP contribution < -0.4 is 15.4 Å². The lowest BCUT2D eigenvalue weighted by atomic mass is 10.1. The number of carbonyl (C=O) groups excluding carboxylic acids is 1. The zero-order valence-electron chi connectivity index (χ0n) is 15.6. The number of amides is 1.